The molecule has 5 nitrogen and oxygen atoms in total. The maximum absolute atomic E-state index is 9.06. The lowest BCUT2D eigenvalue weighted by molar-refractivity contribution is 0.204. The molecule has 0 radical (unpaired) electrons. The van der Waals surface area contributed by atoms with Gasteiger partial charge in [0.1, 0.15) is 5.75 Å². The van der Waals surface area contributed by atoms with Crippen molar-refractivity contribution in [1.29, 1.82) is 0 Å². The standard InChI is InChI=1S/C16H27N3O2/c1-2-12-21-16-13-14(4-5-15(16)17)19-7-3-6-18(8-9-19)10-11-20/h4-5,13,20H,2-3,6-12,17H2,1H3. The summed E-state index contributed by atoms with van der Waals surface area (Å²) in [6.45, 7) is 7.80. The van der Waals surface area contributed by atoms with Crippen molar-refractivity contribution in [2.24, 2.45) is 0 Å². The Morgan fingerprint density at radius 2 is 2.10 bits per heavy atom. The van der Waals surface area contributed by atoms with Gasteiger partial charge in [0.15, 0.2) is 0 Å². The van der Waals surface area contributed by atoms with E-state index in [-0.39, 0.29) is 6.61 Å². The van der Waals surface area contributed by atoms with Crippen LogP contribution in [0.1, 0.15) is 19.8 Å². The molecule has 118 valence electrons. The van der Waals surface area contributed by atoms with Crippen LogP contribution in [0, 0.1) is 0 Å². The number of hydrogen-bond donors (Lipinski definition) is 2. The van der Waals surface area contributed by atoms with E-state index >= 15 is 0 Å². The van der Waals surface area contributed by atoms with Crippen LogP contribution in [-0.2, 0) is 0 Å². The fourth-order valence-corrected chi connectivity index (χ4v) is 2.65. The molecule has 1 aromatic rings. The molecule has 0 aliphatic carbocycles. The molecule has 0 atom stereocenters. The van der Waals surface area contributed by atoms with Crippen molar-refractivity contribution in [1.82, 2.24) is 4.90 Å². The summed E-state index contributed by atoms with van der Waals surface area (Å²) in [6, 6.07) is 6.04. The number of nitrogen functional groups attached to an aromatic ring is 1. The Balaban J connectivity index is 2.03. The van der Waals surface area contributed by atoms with Gasteiger partial charge < -0.3 is 20.5 Å². The number of nitrogens with zero attached hydrogens (tertiary/aromatic N) is 2. The molecule has 0 aromatic heterocycles. The Kier molecular flexibility index (Phi) is 6.14. The highest BCUT2D eigenvalue weighted by Crippen LogP contribution is 2.28. The number of anilines is 2. The quantitative estimate of drug-likeness (QED) is 0.780. The number of benzene rings is 1. The number of hydrogen-bond acceptors (Lipinski definition) is 5. The van der Waals surface area contributed by atoms with Crippen LogP contribution >= 0.6 is 0 Å². The molecule has 1 saturated heterocycles. The number of nitrogens with two attached hydrogens (primary N) is 1. The zero-order valence-corrected chi connectivity index (χ0v) is 12.9. The van der Waals surface area contributed by atoms with E-state index in [1.807, 2.05) is 12.1 Å². The summed E-state index contributed by atoms with van der Waals surface area (Å²) < 4.78 is 5.71. The molecule has 5 heteroatoms. The van der Waals surface area contributed by atoms with Crippen molar-refractivity contribution in [3.05, 3.63) is 18.2 Å². The van der Waals surface area contributed by atoms with E-state index < -0.39 is 0 Å². The van der Waals surface area contributed by atoms with E-state index in [0.29, 0.717) is 12.3 Å². The maximum atomic E-state index is 9.06. The summed E-state index contributed by atoms with van der Waals surface area (Å²) in [5, 5.41) is 9.06. The van der Waals surface area contributed by atoms with E-state index in [0.717, 1.165) is 51.3 Å². The van der Waals surface area contributed by atoms with Crippen molar-refractivity contribution in [3.63, 3.8) is 0 Å². The van der Waals surface area contributed by atoms with Crippen LogP contribution < -0.4 is 15.4 Å². The summed E-state index contributed by atoms with van der Waals surface area (Å²) in [4.78, 5) is 4.68. The first-order chi connectivity index (χ1) is 10.2. The molecular weight excluding hydrogens is 266 g/mol. The van der Waals surface area contributed by atoms with Crippen LogP contribution in [0.5, 0.6) is 5.75 Å². The third-order valence-corrected chi connectivity index (χ3v) is 3.83. The molecule has 0 saturated carbocycles. The van der Waals surface area contributed by atoms with Crippen molar-refractivity contribution >= 4 is 11.4 Å². The molecule has 1 heterocycles. The van der Waals surface area contributed by atoms with Crippen LogP contribution in [0.4, 0.5) is 11.4 Å². The minimum Gasteiger partial charge on any atom is -0.491 e. The normalized spacial score (nSPS) is 16.8. The van der Waals surface area contributed by atoms with Gasteiger partial charge in [0, 0.05) is 37.9 Å². The molecule has 21 heavy (non-hydrogen) atoms. The highest BCUT2D eigenvalue weighted by atomic mass is 16.5. The zero-order valence-electron chi connectivity index (χ0n) is 12.9. The summed E-state index contributed by atoms with van der Waals surface area (Å²) >= 11 is 0. The third-order valence-electron chi connectivity index (χ3n) is 3.83. The molecule has 0 unspecified atom stereocenters. The first-order valence-corrected chi connectivity index (χ1v) is 7.85. The van der Waals surface area contributed by atoms with Crippen molar-refractivity contribution in [2.45, 2.75) is 19.8 Å². The lowest BCUT2D eigenvalue weighted by atomic mass is 10.2. The summed E-state index contributed by atoms with van der Waals surface area (Å²) in [7, 11) is 0. The second-order valence-electron chi connectivity index (χ2n) is 5.48. The van der Waals surface area contributed by atoms with Gasteiger partial charge >= 0.3 is 0 Å². The van der Waals surface area contributed by atoms with Crippen molar-refractivity contribution in [3.8, 4) is 5.75 Å². The first kappa shape index (κ1) is 15.9. The van der Waals surface area contributed by atoms with Gasteiger partial charge in [0.2, 0.25) is 0 Å². The highest BCUT2D eigenvalue weighted by Gasteiger charge is 2.15. The minimum atomic E-state index is 0.233. The predicted octanol–water partition coefficient (Wildman–Crippen LogP) is 1.56. The van der Waals surface area contributed by atoms with Crippen LogP contribution in [0.2, 0.25) is 0 Å². The van der Waals surface area contributed by atoms with Gasteiger partial charge in [-0.1, -0.05) is 6.92 Å². The minimum absolute atomic E-state index is 0.233. The van der Waals surface area contributed by atoms with Gasteiger partial charge in [0.05, 0.1) is 18.9 Å². The van der Waals surface area contributed by atoms with Gasteiger partial charge in [-0.15, -0.1) is 0 Å². The van der Waals surface area contributed by atoms with E-state index in [4.69, 9.17) is 15.6 Å². The number of ether oxygens (including phenoxy) is 1. The van der Waals surface area contributed by atoms with Gasteiger partial charge in [-0.25, -0.2) is 0 Å². The van der Waals surface area contributed by atoms with Gasteiger partial charge in [0.25, 0.3) is 0 Å². The lowest BCUT2D eigenvalue weighted by Gasteiger charge is -2.24. The van der Waals surface area contributed by atoms with Crippen molar-refractivity contribution in [2.75, 3.05) is 56.6 Å². The number of aliphatic hydroxyl groups excluding tert-OH is 1. The molecule has 1 aromatic carbocycles. The molecule has 0 spiro atoms. The van der Waals surface area contributed by atoms with Crippen molar-refractivity contribution < 1.29 is 9.84 Å². The van der Waals surface area contributed by atoms with Crippen LogP contribution in [0.3, 0.4) is 0 Å². The second-order valence-corrected chi connectivity index (χ2v) is 5.48. The Morgan fingerprint density at radius 1 is 1.24 bits per heavy atom. The Hall–Kier alpha value is -1.46. The zero-order chi connectivity index (χ0) is 15.1. The summed E-state index contributed by atoms with van der Waals surface area (Å²) in [6.07, 6.45) is 2.08. The molecule has 1 aliphatic rings. The van der Waals surface area contributed by atoms with E-state index in [2.05, 4.69) is 22.8 Å². The molecule has 0 bridgehead atoms. The second kappa shape index (κ2) is 8.10. The smallest absolute Gasteiger partial charge is 0.144 e. The molecule has 3 N–H and O–H groups in total. The number of rotatable bonds is 6. The van der Waals surface area contributed by atoms with Gasteiger partial charge in [-0.2, -0.15) is 0 Å². The topological polar surface area (TPSA) is 62.0 Å². The van der Waals surface area contributed by atoms with Crippen LogP contribution in [0.15, 0.2) is 18.2 Å². The average molecular weight is 293 g/mol. The maximum Gasteiger partial charge on any atom is 0.144 e. The molecule has 1 aliphatic heterocycles. The summed E-state index contributed by atoms with van der Waals surface area (Å²) in [5.41, 5.74) is 7.84. The van der Waals surface area contributed by atoms with E-state index in [9.17, 15) is 0 Å². The average Bonchev–Trinajstić information content (AvgIpc) is 2.73. The number of aliphatic hydroxyl groups is 1. The van der Waals surface area contributed by atoms with Gasteiger partial charge in [-0.05, 0) is 31.5 Å². The Labute approximate surface area is 127 Å². The van der Waals surface area contributed by atoms with Crippen LogP contribution in [-0.4, -0.2) is 55.9 Å². The first-order valence-electron chi connectivity index (χ1n) is 7.85. The molecule has 2 rings (SSSR count). The SMILES string of the molecule is CCCOc1cc(N2CCCN(CCO)CC2)ccc1N. The highest BCUT2D eigenvalue weighted by molar-refractivity contribution is 5.62. The van der Waals surface area contributed by atoms with Crippen LogP contribution in [0.25, 0.3) is 0 Å². The Morgan fingerprint density at radius 3 is 2.86 bits per heavy atom. The van der Waals surface area contributed by atoms with Gasteiger partial charge in [-0.3, -0.25) is 4.90 Å². The monoisotopic (exact) mass is 293 g/mol. The Bertz CT molecular complexity index is 440. The lowest BCUT2D eigenvalue weighted by Crippen LogP contribution is -2.32. The molecule has 1 fully saturated rings. The van der Waals surface area contributed by atoms with E-state index in [1.165, 1.54) is 5.69 Å². The fraction of sp³-hybridized carbons (Fsp3) is 0.625. The predicted molar refractivity (Wildman–Crippen MR) is 87.0 cm³/mol. The molecule has 0 amide bonds. The molecular formula is C16H27N3O2. The summed E-state index contributed by atoms with van der Waals surface area (Å²) in [5.74, 6) is 0.783. The third kappa shape index (κ3) is 4.51. The fourth-order valence-electron chi connectivity index (χ4n) is 2.65. The van der Waals surface area contributed by atoms with E-state index in [1.54, 1.807) is 0 Å². The number of β-amino-alcohol motifs (C(OH)–C–C–N with tert-alkyl or cyclic N) is 1. The largest absolute Gasteiger partial charge is 0.491 e.